The predicted octanol–water partition coefficient (Wildman–Crippen LogP) is 2.11. The highest BCUT2D eigenvalue weighted by Gasteiger charge is 2.20. The van der Waals surface area contributed by atoms with Gasteiger partial charge in [0.1, 0.15) is 0 Å². The van der Waals surface area contributed by atoms with Crippen molar-refractivity contribution in [1.82, 2.24) is 4.98 Å². The van der Waals surface area contributed by atoms with Crippen LogP contribution in [0.2, 0.25) is 0 Å². The summed E-state index contributed by atoms with van der Waals surface area (Å²) in [4.78, 5) is 1.67. The fourth-order valence-corrected chi connectivity index (χ4v) is 1.73. The van der Waals surface area contributed by atoms with E-state index in [9.17, 15) is 17.6 Å². The van der Waals surface area contributed by atoms with E-state index in [0.717, 1.165) is 0 Å². The summed E-state index contributed by atoms with van der Waals surface area (Å²) in [6, 6.07) is 0. The molecule has 0 aliphatic heterocycles. The van der Waals surface area contributed by atoms with Crippen LogP contribution < -0.4 is 0 Å². The first-order valence-electron chi connectivity index (χ1n) is 4.01. The largest absolute Gasteiger partial charge is 0.396 e. The number of aliphatic hydroxyl groups excluding tert-OH is 1. The Labute approximate surface area is 87.3 Å². The molecule has 0 radical (unpaired) electrons. The van der Waals surface area contributed by atoms with Gasteiger partial charge in [-0.05, 0) is 6.42 Å². The van der Waals surface area contributed by atoms with Crippen molar-refractivity contribution in [3.05, 3.63) is 23.5 Å². The van der Waals surface area contributed by atoms with Crippen LogP contribution in [-0.4, -0.2) is 22.5 Å². The fraction of sp³-hybridized carbons (Fsp3) is 0.375. The molecule has 0 unspecified atom stereocenters. The Morgan fingerprint density at radius 2 is 1.60 bits per heavy atom. The first-order chi connectivity index (χ1) is 7.07. The van der Waals surface area contributed by atoms with E-state index in [1.807, 2.05) is 0 Å². The number of aliphatic hydroxyl groups is 1. The summed E-state index contributed by atoms with van der Waals surface area (Å²) in [7, 11) is 0. The van der Waals surface area contributed by atoms with Crippen LogP contribution in [0.3, 0.4) is 0 Å². The van der Waals surface area contributed by atoms with E-state index in [1.54, 1.807) is 0 Å². The second-order valence-corrected chi connectivity index (χ2v) is 3.68. The maximum absolute atomic E-state index is 12.9. The van der Waals surface area contributed by atoms with Gasteiger partial charge in [-0.3, -0.25) is 0 Å². The van der Waals surface area contributed by atoms with Crippen LogP contribution in [0.1, 0.15) is 6.42 Å². The second kappa shape index (κ2) is 5.32. The van der Waals surface area contributed by atoms with Crippen LogP contribution in [0.5, 0.6) is 0 Å². The molecule has 1 N–H and O–H groups in total. The van der Waals surface area contributed by atoms with Crippen LogP contribution in [-0.2, 0) is 0 Å². The molecule has 0 saturated heterocycles. The Kier molecular flexibility index (Phi) is 4.34. The molecular formula is C8H7F4NOS. The van der Waals surface area contributed by atoms with E-state index >= 15 is 0 Å². The minimum absolute atomic E-state index is 0.160. The lowest BCUT2D eigenvalue weighted by Crippen LogP contribution is -2.02. The lowest BCUT2D eigenvalue weighted by atomic mass is 10.4. The van der Waals surface area contributed by atoms with Crippen molar-refractivity contribution >= 4 is 11.8 Å². The Hall–Kier alpha value is -0.820. The van der Waals surface area contributed by atoms with Crippen LogP contribution in [0.4, 0.5) is 17.6 Å². The molecule has 0 fully saturated rings. The molecule has 1 aromatic rings. The van der Waals surface area contributed by atoms with Gasteiger partial charge >= 0.3 is 0 Å². The Balaban J connectivity index is 2.94. The number of hydrogen-bond donors (Lipinski definition) is 1. The summed E-state index contributed by atoms with van der Waals surface area (Å²) in [5.41, 5.74) is 0. The van der Waals surface area contributed by atoms with Gasteiger partial charge in [0, 0.05) is 12.4 Å². The van der Waals surface area contributed by atoms with Crippen LogP contribution in [0.25, 0.3) is 0 Å². The van der Waals surface area contributed by atoms with Crippen LogP contribution >= 0.6 is 11.8 Å². The van der Waals surface area contributed by atoms with E-state index in [4.69, 9.17) is 5.11 Å². The molecule has 0 saturated carbocycles. The molecule has 1 aromatic heterocycles. The highest BCUT2D eigenvalue weighted by molar-refractivity contribution is 7.99. The fourth-order valence-electron chi connectivity index (χ4n) is 0.834. The molecule has 0 aliphatic carbocycles. The number of halogens is 4. The van der Waals surface area contributed by atoms with Crippen molar-refractivity contribution < 1.29 is 22.7 Å². The van der Waals surface area contributed by atoms with Crippen molar-refractivity contribution in [3.63, 3.8) is 0 Å². The normalized spacial score (nSPS) is 10.7. The highest BCUT2D eigenvalue weighted by atomic mass is 32.2. The van der Waals surface area contributed by atoms with E-state index in [2.05, 4.69) is 4.98 Å². The molecule has 1 rings (SSSR count). The number of hydrogen-bond acceptors (Lipinski definition) is 3. The van der Waals surface area contributed by atoms with Crippen molar-refractivity contribution in [2.24, 2.45) is 0 Å². The van der Waals surface area contributed by atoms with Gasteiger partial charge in [0.15, 0.2) is 11.6 Å². The van der Waals surface area contributed by atoms with Crippen molar-refractivity contribution in [2.45, 2.75) is 11.3 Å². The Bertz CT molecular complexity index is 335. The average molecular weight is 241 g/mol. The molecule has 0 bridgehead atoms. The van der Waals surface area contributed by atoms with Gasteiger partial charge < -0.3 is 5.11 Å². The third-order valence-corrected chi connectivity index (χ3v) is 2.65. The van der Waals surface area contributed by atoms with E-state index in [-0.39, 0.29) is 18.8 Å². The molecule has 0 atom stereocenters. The van der Waals surface area contributed by atoms with E-state index < -0.39 is 28.4 Å². The van der Waals surface area contributed by atoms with Crippen LogP contribution in [0, 0.1) is 23.5 Å². The highest BCUT2D eigenvalue weighted by Crippen LogP contribution is 2.27. The number of nitrogens with zero attached hydrogens (tertiary/aromatic N) is 1. The van der Waals surface area contributed by atoms with Gasteiger partial charge in [-0.15, -0.1) is 11.8 Å². The molecule has 0 amide bonds. The number of aromatic nitrogens is 1. The van der Waals surface area contributed by atoms with Gasteiger partial charge in [0.25, 0.3) is 11.9 Å². The van der Waals surface area contributed by atoms with Gasteiger partial charge in [0.05, 0.1) is 4.90 Å². The maximum atomic E-state index is 12.9. The summed E-state index contributed by atoms with van der Waals surface area (Å²) < 4.78 is 51.0. The molecule has 7 heteroatoms. The standard InChI is InChI=1S/C8H7F4NOS/c9-4-6(15-3-1-2-14)5(10)8(12)13-7(4)11/h14H,1-3H2. The molecule has 0 spiro atoms. The Morgan fingerprint density at radius 3 is 2.07 bits per heavy atom. The smallest absolute Gasteiger partial charge is 0.252 e. The summed E-state index contributed by atoms with van der Waals surface area (Å²) in [5.74, 6) is -6.18. The first kappa shape index (κ1) is 12.3. The zero-order chi connectivity index (χ0) is 11.4. The number of pyridine rings is 1. The van der Waals surface area contributed by atoms with Crippen molar-refractivity contribution in [1.29, 1.82) is 0 Å². The molecule has 0 aliphatic rings. The zero-order valence-corrected chi connectivity index (χ0v) is 8.25. The predicted molar refractivity (Wildman–Crippen MR) is 46.5 cm³/mol. The lowest BCUT2D eigenvalue weighted by Gasteiger charge is -2.04. The molecule has 1 heterocycles. The maximum Gasteiger partial charge on any atom is 0.252 e. The van der Waals surface area contributed by atoms with Gasteiger partial charge in [-0.2, -0.15) is 13.8 Å². The molecule has 2 nitrogen and oxygen atoms in total. The minimum Gasteiger partial charge on any atom is -0.396 e. The van der Waals surface area contributed by atoms with Crippen LogP contribution in [0.15, 0.2) is 4.90 Å². The van der Waals surface area contributed by atoms with Gasteiger partial charge in [-0.25, -0.2) is 8.78 Å². The van der Waals surface area contributed by atoms with Crippen molar-refractivity contribution in [2.75, 3.05) is 12.4 Å². The second-order valence-electron chi connectivity index (χ2n) is 2.58. The van der Waals surface area contributed by atoms with Crippen molar-refractivity contribution in [3.8, 4) is 0 Å². The zero-order valence-electron chi connectivity index (χ0n) is 7.44. The molecule has 15 heavy (non-hydrogen) atoms. The summed E-state index contributed by atoms with van der Waals surface area (Å²) in [6.07, 6.45) is 0.273. The lowest BCUT2D eigenvalue weighted by molar-refractivity contribution is 0.296. The summed E-state index contributed by atoms with van der Waals surface area (Å²) >= 11 is 0.597. The van der Waals surface area contributed by atoms with E-state index in [1.165, 1.54) is 0 Å². The molecule has 84 valence electrons. The topological polar surface area (TPSA) is 33.1 Å². The summed E-state index contributed by atoms with van der Waals surface area (Å²) in [5, 5.41) is 8.43. The minimum atomic E-state index is -1.67. The number of rotatable bonds is 4. The average Bonchev–Trinajstić information content (AvgIpc) is 2.20. The summed E-state index contributed by atoms with van der Waals surface area (Å²) in [6.45, 7) is -0.160. The third kappa shape index (κ3) is 2.82. The van der Waals surface area contributed by atoms with E-state index in [0.29, 0.717) is 11.8 Å². The molecule has 0 aromatic carbocycles. The Morgan fingerprint density at radius 1 is 1.07 bits per heavy atom. The SMILES string of the molecule is OCCCSc1c(F)c(F)nc(F)c1F. The third-order valence-electron chi connectivity index (χ3n) is 1.51. The monoisotopic (exact) mass is 241 g/mol. The number of thioether (sulfide) groups is 1. The first-order valence-corrected chi connectivity index (χ1v) is 5.00. The van der Waals surface area contributed by atoms with Gasteiger partial charge in [-0.1, -0.05) is 0 Å². The van der Waals surface area contributed by atoms with Gasteiger partial charge in [0.2, 0.25) is 0 Å². The quantitative estimate of drug-likeness (QED) is 0.379. The molecular weight excluding hydrogens is 234 g/mol.